The number of esters is 2. The summed E-state index contributed by atoms with van der Waals surface area (Å²) in [5.74, 6) is -11.4. The summed E-state index contributed by atoms with van der Waals surface area (Å²) in [4.78, 5) is 71.5. The Morgan fingerprint density at radius 2 is 0.725 bits per heavy atom. The van der Waals surface area contributed by atoms with E-state index in [2.05, 4.69) is 0 Å². The number of halogens is 6. The zero-order valence-electron chi connectivity index (χ0n) is 24.9. The highest BCUT2D eigenvalue weighted by Gasteiger charge is 2.72. The average molecular weight is 720 g/mol. The summed E-state index contributed by atoms with van der Waals surface area (Å²) < 4.78 is 97.8. The highest BCUT2D eigenvalue weighted by Crippen LogP contribution is 2.56. The van der Waals surface area contributed by atoms with Crippen LogP contribution in [0.15, 0.2) is 84.9 Å². The molecule has 0 radical (unpaired) electrons. The van der Waals surface area contributed by atoms with E-state index in [1.807, 2.05) is 0 Å². The predicted octanol–water partition coefficient (Wildman–Crippen LogP) is 6.33. The first-order valence-electron chi connectivity index (χ1n) is 13.7. The van der Waals surface area contributed by atoms with Crippen LogP contribution in [0.3, 0.4) is 0 Å². The molecule has 0 saturated heterocycles. The van der Waals surface area contributed by atoms with Crippen molar-refractivity contribution >= 4 is 35.8 Å². The summed E-state index contributed by atoms with van der Waals surface area (Å²) in [6, 6.07) is 9.11. The van der Waals surface area contributed by atoms with Gasteiger partial charge in [0.1, 0.15) is 11.5 Å². The van der Waals surface area contributed by atoms with E-state index < -0.39 is 110 Å². The van der Waals surface area contributed by atoms with Crippen LogP contribution in [0.25, 0.3) is 0 Å². The lowest BCUT2D eigenvalue weighted by Crippen LogP contribution is -2.54. The second kappa shape index (κ2) is 13.7. The number of benzene rings is 4. The molecule has 4 aromatic carbocycles. The van der Waals surface area contributed by atoms with Gasteiger partial charge < -0.3 is 29.9 Å². The number of carbonyl (C=O) groups excluding carboxylic acids is 2. The Hall–Kier alpha value is -6.72. The minimum absolute atomic E-state index is 0.339. The molecule has 0 aliphatic heterocycles. The van der Waals surface area contributed by atoms with Gasteiger partial charge >= 0.3 is 48.2 Å². The van der Waals surface area contributed by atoms with E-state index in [9.17, 15) is 75.5 Å². The molecule has 4 aromatic rings. The van der Waals surface area contributed by atoms with Crippen molar-refractivity contribution in [2.45, 2.75) is 17.8 Å². The lowest BCUT2D eigenvalue weighted by Gasteiger charge is -2.38. The van der Waals surface area contributed by atoms with Gasteiger partial charge in [0.25, 0.3) is 0 Å². The van der Waals surface area contributed by atoms with Gasteiger partial charge in [-0.3, -0.25) is 0 Å². The SMILES string of the molecule is O=C(O)c1cccc(C(=O)Oc2ccc(C(c3ccc(OC(=O)c4cccc(C(=O)O)c4C(=O)O)cc3)(C(F)(F)F)C(F)(F)F)cc2)c1C(=O)O. The van der Waals surface area contributed by atoms with Gasteiger partial charge in [-0.25, -0.2) is 28.8 Å². The fourth-order valence-electron chi connectivity index (χ4n) is 5.11. The molecule has 0 spiro atoms. The zero-order valence-corrected chi connectivity index (χ0v) is 24.9. The molecule has 264 valence electrons. The number of rotatable bonds is 10. The number of carbonyl (C=O) groups is 6. The lowest BCUT2D eigenvalue weighted by atomic mass is 9.73. The van der Waals surface area contributed by atoms with Crippen LogP contribution in [-0.4, -0.2) is 68.6 Å². The number of hydrogen-bond donors (Lipinski definition) is 4. The molecule has 0 fully saturated rings. The molecule has 12 nitrogen and oxygen atoms in total. The van der Waals surface area contributed by atoms with Crippen molar-refractivity contribution in [2.24, 2.45) is 0 Å². The molecule has 0 bridgehead atoms. The first kappa shape index (κ1) is 37.1. The second-order valence-electron chi connectivity index (χ2n) is 10.3. The molecule has 0 aromatic heterocycles. The molecule has 0 saturated carbocycles. The monoisotopic (exact) mass is 720 g/mol. The smallest absolute Gasteiger partial charge is 0.411 e. The largest absolute Gasteiger partial charge is 0.478 e. The van der Waals surface area contributed by atoms with E-state index in [4.69, 9.17) is 9.47 Å². The highest BCUT2D eigenvalue weighted by atomic mass is 19.4. The topological polar surface area (TPSA) is 202 Å². The molecule has 0 atom stereocenters. The van der Waals surface area contributed by atoms with Gasteiger partial charge in [0.15, 0.2) is 0 Å². The van der Waals surface area contributed by atoms with Crippen LogP contribution in [0.2, 0.25) is 0 Å². The molecule has 0 aliphatic rings. The summed E-state index contributed by atoms with van der Waals surface area (Å²) in [6.07, 6.45) is -12.2. The van der Waals surface area contributed by atoms with Crippen LogP contribution in [0.1, 0.15) is 73.3 Å². The van der Waals surface area contributed by atoms with Gasteiger partial charge in [-0.1, -0.05) is 36.4 Å². The summed E-state index contributed by atoms with van der Waals surface area (Å²) in [7, 11) is 0. The Morgan fingerprint density at radius 3 is 0.980 bits per heavy atom. The Morgan fingerprint density at radius 1 is 0.431 bits per heavy atom. The van der Waals surface area contributed by atoms with E-state index in [1.165, 1.54) is 0 Å². The van der Waals surface area contributed by atoms with Crippen LogP contribution < -0.4 is 9.47 Å². The number of alkyl halides is 6. The minimum Gasteiger partial charge on any atom is -0.478 e. The van der Waals surface area contributed by atoms with Crippen molar-refractivity contribution in [1.82, 2.24) is 0 Å². The summed E-state index contributed by atoms with van der Waals surface area (Å²) in [5.41, 5.74) is -12.7. The van der Waals surface area contributed by atoms with Crippen LogP contribution in [0.4, 0.5) is 26.3 Å². The van der Waals surface area contributed by atoms with Crippen LogP contribution in [0.5, 0.6) is 11.5 Å². The maximum atomic E-state index is 14.7. The third-order valence-corrected chi connectivity index (χ3v) is 7.30. The third-order valence-electron chi connectivity index (χ3n) is 7.30. The molecule has 18 heteroatoms. The van der Waals surface area contributed by atoms with Crippen molar-refractivity contribution in [1.29, 1.82) is 0 Å². The van der Waals surface area contributed by atoms with Crippen molar-refractivity contribution in [3.63, 3.8) is 0 Å². The minimum atomic E-state index is -6.09. The van der Waals surface area contributed by atoms with Crippen molar-refractivity contribution in [3.8, 4) is 11.5 Å². The summed E-state index contributed by atoms with van der Waals surface area (Å²) in [5, 5.41) is 37.3. The first-order valence-corrected chi connectivity index (χ1v) is 13.7. The van der Waals surface area contributed by atoms with E-state index >= 15 is 0 Å². The normalized spacial score (nSPS) is 11.7. The van der Waals surface area contributed by atoms with Crippen LogP contribution >= 0.6 is 0 Å². The van der Waals surface area contributed by atoms with Gasteiger partial charge in [0, 0.05) is 0 Å². The number of carboxylic acid groups (broad SMARTS) is 4. The van der Waals surface area contributed by atoms with Gasteiger partial charge in [0.2, 0.25) is 5.41 Å². The quantitative estimate of drug-likeness (QED) is 0.0807. The number of ether oxygens (including phenoxy) is 2. The molecule has 51 heavy (non-hydrogen) atoms. The highest BCUT2D eigenvalue weighted by molar-refractivity contribution is 6.10. The van der Waals surface area contributed by atoms with Gasteiger partial charge in [-0.05, 0) is 59.7 Å². The van der Waals surface area contributed by atoms with Crippen molar-refractivity contribution in [2.75, 3.05) is 0 Å². The van der Waals surface area contributed by atoms with Crippen LogP contribution in [0, 0.1) is 0 Å². The Kier molecular flexibility index (Phi) is 9.93. The van der Waals surface area contributed by atoms with E-state index in [0.717, 1.165) is 36.4 Å². The molecule has 0 aliphatic carbocycles. The average Bonchev–Trinajstić information content (AvgIpc) is 3.04. The summed E-state index contributed by atoms with van der Waals surface area (Å²) >= 11 is 0. The molecular weight excluding hydrogens is 702 g/mol. The fourth-order valence-corrected chi connectivity index (χ4v) is 5.11. The standard InChI is InChI=1S/C33H18F6O12/c34-32(35,36)31(33(37,38)39,15-7-11-17(12-8-15)50-29(48)21-5-1-3-19(25(40)41)23(21)27(44)45)16-9-13-18(14-10-16)51-30(49)22-6-2-4-20(26(42)43)24(22)28(46)47/h1-14H,(H,40,41)(H,42,43)(H,44,45)(H,46,47). The van der Waals surface area contributed by atoms with Gasteiger partial charge in [-0.2, -0.15) is 26.3 Å². The molecule has 4 N–H and O–H groups in total. The molecular formula is C33H18F6O12. The number of aromatic carboxylic acids is 4. The predicted molar refractivity (Wildman–Crippen MR) is 156 cm³/mol. The number of carboxylic acids is 4. The van der Waals surface area contributed by atoms with Crippen LogP contribution in [-0.2, 0) is 5.41 Å². The van der Waals surface area contributed by atoms with E-state index in [0.29, 0.717) is 48.5 Å². The van der Waals surface area contributed by atoms with Crippen molar-refractivity contribution in [3.05, 3.63) is 129 Å². The second-order valence-corrected chi connectivity index (χ2v) is 10.3. The number of hydrogen-bond acceptors (Lipinski definition) is 8. The first-order chi connectivity index (χ1) is 23.7. The maximum absolute atomic E-state index is 14.7. The van der Waals surface area contributed by atoms with E-state index in [1.54, 1.807) is 0 Å². The Balaban J connectivity index is 1.71. The van der Waals surface area contributed by atoms with Gasteiger partial charge in [0.05, 0.1) is 33.4 Å². The molecule has 0 heterocycles. The summed E-state index contributed by atoms with van der Waals surface area (Å²) in [6.45, 7) is 0. The molecule has 0 unspecified atom stereocenters. The van der Waals surface area contributed by atoms with Gasteiger partial charge in [-0.15, -0.1) is 0 Å². The maximum Gasteiger partial charge on any atom is 0.411 e. The Labute approximate surface area is 279 Å². The fraction of sp³-hybridized carbons (Fsp3) is 0.0909. The van der Waals surface area contributed by atoms with E-state index in [-0.39, 0.29) is 0 Å². The lowest BCUT2D eigenvalue weighted by molar-refractivity contribution is -0.288. The zero-order chi connectivity index (χ0) is 38.1. The molecule has 0 amide bonds. The Bertz CT molecular complexity index is 1920. The molecule has 4 rings (SSSR count). The van der Waals surface area contributed by atoms with Crippen molar-refractivity contribution < 1.29 is 85.0 Å². The third kappa shape index (κ3) is 6.91.